The Hall–Kier alpha value is -1.18. The van der Waals surface area contributed by atoms with Crippen LogP contribution in [0.1, 0.15) is 12.8 Å². The molecule has 0 amide bonds. The van der Waals surface area contributed by atoms with E-state index >= 15 is 0 Å². The normalized spacial score (nSPS) is 17.9. The van der Waals surface area contributed by atoms with Crippen molar-refractivity contribution in [1.29, 1.82) is 0 Å². The van der Waals surface area contributed by atoms with Gasteiger partial charge in [-0.15, -0.1) is 0 Å². The fourth-order valence-corrected chi connectivity index (χ4v) is 2.25. The van der Waals surface area contributed by atoms with E-state index in [-0.39, 0.29) is 16.9 Å². The molecular formula is C10H14N2O4S. The van der Waals surface area contributed by atoms with Gasteiger partial charge < -0.3 is 9.47 Å². The standard InChI is InChI=1S/C10H14N2O4S/c11-17(13,14)9-2-1-5-12-10(9)16-8-3-6-15-7-4-8/h1-2,5,8H,3-4,6-7H2,(H2,11,13,14). The Balaban J connectivity index is 2.20. The van der Waals surface area contributed by atoms with Gasteiger partial charge in [-0.1, -0.05) is 0 Å². The first kappa shape index (κ1) is 12.3. The van der Waals surface area contributed by atoms with E-state index in [1.54, 1.807) is 0 Å². The Morgan fingerprint density at radius 1 is 1.41 bits per heavy atom. The quantitative estimate of drug-likeness (QED) is 0.841. The predicted octanol–water partition coefficient (Wildman–Crippen LogP) is 0.287. The van der Waals surface area contributed by atoms with Gasteiger partial charge in [0.05, 0.1) is 13.2 Å². The molecular weight excluding hydrogens is 244 g/mol. The molecule has 1 aliphatic rings. The van der Waals surface area contributed by atoms with E-state index in [0.29, 0.717) is 13.2 Å². The van der Waals surface area contributed by atoms with Gasteiger partial charge in [0, 0.05) is 19.0 Å². The maximum absolute atomic E-state index is 11.3. The van der Waals surface area contributed by atoms with Crippen LogP contribution in [0.2, 0.25) is 0 Å². The Bertz CT molecular complexity index is 483. The molecule has 2 rings (SSSR count). The average Bonchev–Trinajstić information content (AvgIpc) is 2.30. The molecule has 94 valence electrons. The van der Waals surface area contributed by atoms with Gasteiger partial charge in [-0.25, -0.2) is 18.5 Å². The lowest BCUT2D eigenvalue weighted by atomic mass is 10.1. The summed E-state index contributed by atoms with van der Waals surface area (Å²) in [6, 6.07) is 2.90. The fourth-order valence-electron chi connectivity index (χ4n) is 1.63. The number of nitrogens with two attached hydrogens (primary N) is 1. The molecule has 0 radical (unpaired) electrons. The Kier molecular flexibility index (Phi) is 3.60. The summed E-state index contributed by atoms with van der Waals surface area (Å²) in [7, 11) is -3.80. The van der Waals surface area contributed by atoms with E-state index in [9.17, 15) is 8.42 Å². The molecule has 1 saturated heterocycles. The van der Waals surface area contributed by atoms with Gasteiger partial charge in [-0.05, 0) is 12.1 Å². The number of sulfonamides is 1. The molecule has 0 bridgehead atoms. The average molecular weight is 258 g/mol. The fraction of sp³-hybridized carbons (Fsp3) is 0.500. The summed E-state index contributed by atoms with van der Waals surface area (Å²) in [6.07, 6.45) is 2.85. The van der Waals surface area contributed by atoms with Crippen LogP contribution in [0.25, 0.3) is 0 Å². The first-order chi connectivity index (χ1) is 8.07. The number of hydrogen-bond donors (Lipinski definition) is 1. The molecule has 0 aromatic carbocycles. The third-order valence-corrected chi connectivity index (χ3v) is 3.41. The van der Waals surface area contributed by atoms with Gasteiger partial charge in [0.1, 0.15) is 11.0 Å². The molecule has 0 unspecified atom stereocenters. The largest absolute Gasteiger partial charge is 0.473 e. The molecule has 0 atom stereocenters. The summed E-state index contributed by atoms with van der Waals surface area (Å²) >= 11 is 0. The zero-order chi connectivity index (χ0) is 12.3. The molecule has 2 heterocycles. The van der Waals surface area contributed by atoms with Crippen LogP contribution in [0, 0.1) is 0 Å². The Labute approximate surface area is 99.8 Å². The van der Waals surface area contributed by atoms with E-state index < -0.39 is 10.0 Å². The second-order valence-electron chi connectivity index (χ2n) is 3.78. The van der Waals surface area contributed by atoms with Crippen LogP contribution < -0.4 is 9.88 Å². The highest BCUT2D eigenvalue weighted by molar-refractivity contribution is 7.89. The molecule has 1 aromatic rings. The molecule has 1 aliphatic heterocycles. The van der Waals surface area contributed by atoms with Gasteiger partial charge in [0.25, 0.3) is 0 Å². The van der Waals surface area contributed by atoms with Gasteiger partial charge >= 0.3 is 0 Å². The third-order valence-electron chi connectivity index (χ3n) is 2.49. The SMILES string of the molecule is NS(=O)(=O)c1cccnc1OC1CCOCC1. The number of rotatable bonds is 3. The molecule has 0 aliphatic carbocycles. The molecule has 7 heteroatoms. The zero-order valence-electron chi connectivity index (χ0n) is 9.20. The number of pyridine rings is 1. The van der Waals surface area contributed by atoms with Crippen LogP contribution in [-0.2, 0) is 14.8 Å². The highest BCUT2D eigenvalue weighted by Gasteiger charge is 2.21. The van der Waals surface area contributed by atoms with E-state index in [0.717, 1.165) is 12.8 Å². The van der Waals surface area contributed by atoms with Crippen LogP contribution in [0.4, 0.5) is 0 Å². The minimum absolute atomic E-state index is 0.0702. The molecule has 1 fully saturated rings. The minimum atomic E-state index is -3.80. The lowest BCUT2D eigenvalue weighted by Crippen LogP contribution is -2.27. The maximum atomic E-state index is 11.3. The smallest absolute Gasteiger partial charge is 0.243 e. The highest BCUT2D eigenvalue weighted by Crippen LogP contribution is 2.22. The van der Waals surface area contributed by atoms with Crippen molar-refractivity contribution in [2.24, 2.45) is 5.14 Å². The van der Waals surface area contributed by atoms with Crippen molar-refractivity contribution < 1.29 is 17.9 Å². The Morgan fingerprint density at radius 2 is 2.12 bits per heavy atom. The van der Waals surface area contributed by atoms with E-state index in [1.165, 1.54) is 18.3 Å². The lowest BCUT2D eigenvalue weighted by Gasteiger charge is -2.23. The van der Waals surface area contributed by atoms with Crippen molar-refractivity contribution >= 4 is 10.0 Å². The number of primary sulfonamides is 1. The second-order valence-corrected chi connectivity index (χ2v) is 5.31. The van der Waals surface area contributed by atoms with Crippen molar-refractivity contribution in [2.75, 3.05) is 13.2 Å². The lowest BCUT2D eigenvalue weighted by molar-refractivity contribution is 0.0224. The second kappa shape index (κ2) is 4.99. The van der Waals surface area contributed by atoms with Crippen molar-refractivity contribution in [1.82, 2.24) is 4.98 Å². The maximum Gasteiger partial charge on any atom is 0.243 e. The van der Waals surface area contributed by atoms with Crippen LogP contribution in [0.5, 0.6) is 5.88 Å². The van der Waals surface area contributed by atoms with Crippen LogP contribution >= 0.6 is 0 Å². The van der Waals surface area contributed by atoms with Gasteiger partial charge in [0.2, 0.25) is 15.9 Å². The molecule has 1 aromatic heterocycles. The topological polar surface area (TPSA) is 91.5 Å². The summed E-state index contributed by atoms with van der Waals surface area (Å²) in [6.45, 7) is 1.23. The zero-order valence-corrected chi connectivity index (χ0v) is 10.0. The van der Waals surface area contributed by atoms with Crippen LogP contribution in [0.3, 0.4) is 0 Å². The minimum Gasteiger partial charge on any atom is -0.473 e. The molecule has 2 N–H and O–H groups in total. The molecule has 0 spiro atoms. The highest BCUT2D eigenvalue weighted by atomic mass is 32.2. The summed E-state index contributed by atoms with van der Waals surface area (Å²) in [5, 5.41) is 5.09. The van der Waals surface area contributed by atoms with Gasteiger partial charge in [-0.3, -0.25) is 0 Å². The number of aromatic nitrogens is 1. The summed E-state index contributed by atoms with van der Waals surface area (Å²) in [5.74, 6) is 0.0712. The first-order valence-electron chi connectivity index (χ1n) is 5.29. The molecule has 6 nitrogen and oxygen atoms in total. The van der Waals surface area contributed by atoms with Gasteiger partial charge in [0.15, 0.2) is 0 Å². The summed E-state index contributed by atoms with van der Waals surface area (Å²) < 4.78 is 33.4. The first-order valence-corrected chi connectivity index (χ1v) is 6.84. The van der Waals surface area contributed by atoms with Crippen molar-refractivity contribution in [3.63, 3.8) is 0 Å². The van der Waals surface area contributed by atoms with Crippen molar-refractivity contribution in [3.05, 3.63) is 18.3 Å². The van der Waals surface area contributed by atoms with Crippen molar-refractivity contribution in [2.45, 2.75) is 23.8 Å². The number of nitrogens with zero attached hydrogens (tertiary/aromatic N) is 1. The molecule has 17 heavy (non-hydrogen) atoms. The number of ether oxygens (including phenoxy) is 2. The van der Waals surface area contributed by atoms with Crippen LogP contribution in [-0.4, -0.2) is 32.7 Å². The molecule has 0 saturated carbocycles. The predicted molar refractivity (Wildman–Crippen MR) is 60.1 cm³/mol. The van der Waals surface area contributed by atoms with Crippen molar-refractivity contribution in [3.8, 4) is 5.88 Å². The van der Waals surface area contributed by atoms with Gasteiger partial charge in [-0.2, -0.15) is 0 Å². The summed E-state index contributed by atoms with van der Waals surface area (Å²) in [4.78, 5) is 3.84. The summed E-state index contributed by atoms with van der Waals surface area (Å²) in [5.41, 5.74) is 0. The monoisotopic (exact) mass is 258 g/mol. The van der Waals surface area contributed by atoms with E-state index in [2.05, 4.69) is 4.98 Å². The number of hydrogen-bond acceptors (Lipinski definition) is 5. The van der Waals surface area contributed by atoms with E-state index in [4.69, 9.17) is 14.6 Å². The van der Waals surface area contributed by atoms with E-state index in [1.807, 2.05) is 0 Å². The Morgan fingerprint density at radius 3 is 2.76 bits per heavy atom. The van der Waals surface area contributed by atoms with Crippen LogP contribution in [0.15, 0.2) is 23.2 Å². The third kappa shape index (κ3) is 3.15.